The van der Waals surface area contributed by atoms with E-state index in [1.165, 1.54) is 18.3 Å². The summed E-state index contributed by atoms with van der Waals surface area (Å²) in [7, 11) is 0. The normalized spacial score (nSPS) is 13.9. The fraction of sp³-hybridized carbons (Fsp3) is 0.333. The van der Waals surface area contributed by atoms with Crippen molar-refractivity contribution in [2.45, 2.75) is 25.5 Å². The van der Waals surface area contributed by atoms with Crippen LogP contribution in [0.25, 0.3) is 0 Å². The Hall–Kier alpha value is -1.33. The number of carboxylic acids is 1. The molecule has 5 heteroatoms. The van der Waals surface area contributed by atoms with E-state index >= 15 is 0 Å². The van der Waals surface area contributed by atoms with Gasteiger partial charge in [-0.1, -0.05) is 16.5 Å². The minimum Gasteiger partial charge on any atom is -0.591 e. The molecule has 0 bridgehead atoms. The lowest BCUT2D eigenvalue weighted by atomic mass is 10.1. The first-order valence-corrected chi connectivity index (χ1v) is 6.21. The number of nitrogens with zero attached hydrogens (tertiary/aromatic N) is 1. The average Bonchev–Trinajstić information content (AvgIpc) is 2.25. The fourth-order valence-electron chi connectivity index (χ4n) is 1.02. The van der Waals surface area contributed by atoms with Crippen molar-refractivity contribution in [2.75, 3.05) is 0 Å². The molecule has 17 heavy (non-hydrogen) atoms. The van der Waals surface area contributed by atoms with Gasteiger partial charge in [0.1, 0.15) is 16.1 Å². The first kappa shape index (κ1) is 13.7. The number of rotatable bonds is 3. The Morgan fingerprint density at radius 1 is 1.47 bits per heavy atom. The van der Waals surface area contributed by atoms with Gasteiger partial charge in [0.05, 0.1) is 11.8 Å². The molecule has 0 aliphatic carbocycles. The highest BCUT2D eigenvalue weighted by atomic mass is 32.2. The van der Waals surface area contributed by atoms with Gasteiger partial charge in [-0.3, -0.25) is 0 Å². The maximum absolute atomic E-state index is 11.7. The van der Waals surface area contributed by atoms with Crippen molar-refractivity contribution in [3.8, 4) is 0 Å². The first-order valence-electron chi connectivity index (χ1n) is 5.10. The molecule has 0 fully saturated rings. The van der Waals surface area contributed by atoms with Gasteiger partial charge < -0.3 is 9.66 Å². The van der Waals surface area contributed by atoms with Gasteiger partial charge in [-0.15, -0.1) is 0 Å². The van der Waals surface area contributed by atoms with Crippen LogP contribution >= 0.6 is 0 Å². The first-order chi connectivity index (χ1) is 7.80. The third kappa shape index (κ3) is 4.20. The quantitative estimate of drug-likeness (QED) is 0.663. The molecule has 92 valence electrons. The van der Waals surface area contributed by atoms with E-state index in [4.69, 9.17) is 5.11 Å². The second-order valence-corrected chi connectivity index (χ2v) is 6.46. The van der Waals surface area contributed by atoms with Crippen molar-refractivity contribution in [3.63, 3.8) is 0 Å². The summed E-state index contributed by atoms with van der Waals surface area (Å²) in [4.78, 5) is 10.7. The van der Waals surface area contributed by atoms with E-state index in [0.717, 1.165) is 0 Å². The van der Waals surface area contributed by atoms with E-state index in [-0.39, 0.29) is 5.56 Å². The summed E-state index contributed by atoms with van der Waals surface area (Å²) in [6, 6.07) is 6.34. The standard InChI is InChI=1S/C12H15NO3S/c1-12(2,3)17(16)13-8-9-5-4-6-10(7-9)11(14)15/h4-8H,1-3H3,(H,14,15)/b13-8+/t17-/m0/s1. The molecule has 1 atom stereocenters. The van der Waals surface area contributed by atoms with Crippen LogP contribution in [0.4, 0.5) is 0 Å². The molecule has 0 spiro atoms. The van der Waals surface area contributed by atoms with Gasteiger partial charge in [-0.05, 0) is 38.5 Å². The molecular weight excluding hydrogens is 238 g/mol. The smallest absolute Gasteiger partial charge is 0.335 e. The number of aromatic carboxylic acids is 1. The average molecular weight is 253 g/mol. The molecule has 0 aromatic heterocycles. The number of benzene rings is 1. The molecular formula is C12H15NO3S. The summed E-state index contributed by atoms with van der Waals surface area (Å²) >= 11 is -1.33. The van der Waals surface area contributed by atoms with Crippen LogP contribution in [0.3, 0.4) is 0 Å². The molecule has 0 radical (unpaired) electrons. The summed E-state index contributed by atoms with van der Waals surface area (Å²) in [6.45, 7) is 5.48. The lowest BCUT2D eigenvalue weighted by molar-refractivity contribution is 0.0697. The third-order valence-corrected chi connectivity index (χ3v) is 3.30. The van der Waals surface area contributed by atoms with Crippen molar-refractivity contribution in [2.24, 2.45) is 4.40 Å². The van der Waals surface area contributed by atoms with Crippen LogP contribution in [0.5, 0.6) is 0 Å². The number of carboxylic acid groups (broad SMARTS) is 1. The largest absolute Gasteiger partial charge is 0.591 e. The molecule has 4 nitrogen and oxygen atoms in total. The van der Waals surface area contributed by atoms with Crippen LogP contribution in [-0.2, 0) is 11.4 Å². The van der Waals surface area contributed by atoms with Gasteiger partial charge in [0.2, 0.25) is 0 Å². The Labute approximate surface area is 104 Å². The lowest BCUT2D eigenvalue weighted by Crippen LogP contribution is -2.25. The highest BCUT2D eigenvalue weighted by Crippen LogP contribution is 2.16. The minimum atomic E-state index is -1.33. The molecule has 0 aliphatic heterocycles. The number of hydrogen-bond acceptors (Lipinski definition) is 3. The molecule has 1 aromatic rings. The zero-order valence-electron chi connectivity index (χ0n) is 10.0. The van der Waals surface area contributed by atoms with Gasteiger partial charge in [0.25, 0.3) is 0 Å². The highest BCUT2D eigenvalue weighted by molar-refractivity contribution is 7.91. The minimum absolute atomic E-state index is 0.190. The lowest BCUT2D eigenvalue weighted by Gasteiger charge is -2.17. The van der Waals surface area contributed by atoms with Crippen molar-refractivity contribution in [3.05, 3.63) is 35.4 Å². The van der Waals surface area contributed by atoms with Crippen LogP contribution in [-0.4, -0.2) is 26.6 Å². The molecule has 0 unspecified atom stereocenters. The Kier molecular flexibility index (Phi) is 4.31. The molecule has 0 heterocycles. The summed E-state index contributed by atoms with van der Waals surface area (Å²) < 4.78 is 15.2. The Morgan fingerprint density at radius 2 is 2.12 bits per heavy atom. The zero-order chi connectivity index (χ0) is 13.1. The van der Waals surface area contributed by atoms with E-state index in [9.17, 15) is 9.35 Å². The van der Waals surface area contributed by atoms with Gasteiger partial charge in [-0.25, -0.2) is 4.79 Å². The molecule has 1 N–H and O–H groups in total. The maximum atomic E-state index is 11.7. The van der Waals surface area contributed by atoms with E-state index in [2.05, 4.69) is 4.40 Å². The Morgan fingerprint density at radius 3 is 2.65 bits per heavy atom. The van der Waals surface area contributed by atoms with E-state index in [1.807, 2.05) is 20.8 Å². The van der Waals surface area contributed by atoms with E-state index < -0.39 is 22.1 Å². The van der Waals surface area contributed by atoms with Crippen LogP contribution < -0.4 is 0 Å². The Bertz CT molecular complexity index is 438. The van der Waals surface area contributed by atoms with Crippen molar-refractivity contribution in [1.82, 2.24) is 0 Å². The summed E-state index contributed by atoms with van der Waals surface area (Å²) in [5.74, 6) is -0.989. The number of hydrogen-bond donors (Lipinski definition) is 1. The summed E-state index contributed by atoms with van der Waals surface area (Å²) in [6.07, 6.45) is 1.44. The summed E-state index contributed by atoms with van der Waals surface area (Å²) in [5.41, 5.74) is 0.818. The molecule has 0 aliphatic rings. The van der Waals surface area contributed by atoms with Crippen LogP contribution in [0.1, 0.15) is 36.7 Å². The second-order valence-electron chi connectivity index (χ2n) is 4.53. The predicted molar refractivity (Wildman–Crippen MR) is 68.9 cm³/mol. The van der Waals surface area contributed by atoms with Crippen molar-refractivity contribution in [1.29, 1.82) is 0 Å². The third-order valence-electron chi connectivity index (χ3n) is 1.95. The summed E-state index contributed by atoms with van der Waals surface area (Å²) in [5, 5.41) is 8.81. The van der Waals surface area contributed by atoms with Gasteiger partial charge in [-0.2, -0.15) is 0 Å². The van der Waals surface area contributed by atoms with Gasteiger partial charge in [0.15, 0.2) is 0 Å². The van der Waals surface area contributed by atoms with Crippen molar-refractivity contribution < 1.29 is 14.5 Å². The molecule has 0 saturated carbocycles. The molecule has 0 amide bonds. The fourth-order valence-corrected chi connectivity index (χ4v) is 1.55. The maximum Gasteiger partial charge on any atom is 0.335 e. The molecule has 1 rings (SSSR count). The topological polar surface area (TPSA) is 72.7 Å². The highest BCUT2D eigenvalue weighted by Gasteiger charge is 2.25. The van der Waals surface area contributed by atoms with Crippen LogP contribution in [0.2, 0.25) is 0 Å². The monoisotopic (exact) mass is 253 g/mol. The van der Waals surface area contributed by atoms with Crippen molar-refractivity contribution >= 4 is 23.5 Å². The van der Waals surface area contributed by atoms with Crippen LogP contribution in [0.15, 0.2) is 28.7 Å². The molecule has 0 saturated heterocycles. The molecule has 1 aromatic carbocycles. The van der Waals surface area contributed by atoms with E-state index in [0.29, 0.717) is 5.56 Å². The second kappa shape index (κ2) is 5.33. The van der Waals surface area contributed by atoms with Crippen LogP contribution in [0, 0.1) is 0 Å². The SMILES string of the molecule is CC(C)(C)[S@+]([O-])/N=C/c1cccc(C(=O)O)c1. The van der Waals surface area contributed by atoms with Gasteiger partial charge >= 0.3 is 5.97 Å². The number of carbonyl (C=O) groups is 1. The predicted octanol–water partition coefficient (Wildman–Crippen LogP) is 2.27. The Balaban J connectivity index is 2.85. The van der Waals surface area contributed by atoms with Gasteiger partial charge in [0, 0.05) is 0 Å². The van der Waals surface area contributed by atoms with E-state index in [1.54, 1.807) is 12.1 Å². The zero-order valence-corrected chi connectivity index (χ0v) is 10.8.